The highest BCUT2D eigenvalue weighted by Crippen LogP contribution is 2.39. The van der Waals surface area contributed by atoms with E-state index in [0.29, 0.717) is 6.42 Å². The van der Waals surface area contributed by atoms with E-state index in [-0.39, 0.29) is 23.8 Å². The van der Waals surface area contributed by atoms with Gasteiger partial charge in [0.15, 0.2) is 0 Å². The third-order valence-electron chi connectivity index (χ3n) is 6.73. The lowest BCUT2D eigenvalue weighted by atomic mass is 9.99. The van der Waals surface area contributed by atoms with Gasteiger partial charge in [0.05, 0.1) is 23.4 Å². The van der Waals surface area contributed by atoms with E-state index in [9.17, 15) is 9.18 Å². The monoisotopic (exact) mass is 440 g/mol. The van der Waals surface area contributed by atoms with Gasteiger partial charge in [0, 0.05) is 23.5 Å². The van der Waals surface area contributed by atoms with Crippen LogP contribution in [-0.4, -0.2) is 28.3 Å². The normalized spacial score (nSPS) is 20.6. The first-order chi connectivity index (χ1) is 16.2. The first kappa shape index (κ1) is 20.1. The van der Waals surface area contributed by atoms with Crippen LogP contribution in [0.25, 0.3) is 16.6 Å². The lowest BCUT2D eigenvalue weighted by Gasteiger charge is -2.29. The highest BCUT2D eigenvalue weighted by Gasteiger charge is 2.42. The lowest BCUT2D eigenvalue weighted by molar-refractivity contribution is -0.117. The summed E-state index contributed by atoms with van der Waals surface area (Å²) in [6, 6.07) is 22.6. The molecule has 2 atom stereocenters. The molecule has 33 heavy (non-hydrogen) atoms. The van der Waals surface area contributed by atoms with E-state index in [1.807, 2.05) is 41.3 Å². The van der Waals surface area contributed by atoms with E-state index in [2.05, 4.69) is 22.5 Å². The molecule has 1 aliphatic carbocycles. The van der Waals surface area contributed by atoms with Gasteiger partial charge in [-0.25, -0.2) is 9.07 Å². The number of hydrogen-bond donors (Lipinski definition) is 1. The second-order valence-electron chi connectivity index (χ2n) is 9.06. The van der Waals surface area contributed by atoms with E-state index in [1.165, 1.54) is 25.0 Å². The van der Waals surface area contributed by atoms with Gasteiger partial charge in [-0.05, 0) is 73.3 Å². The molecule has 2 heterocycles. The van der Waals surface area contributed by atoms with Crippen molar-refractivity contribution in [3.05, 3.63) is 90.4 Å². The summed E-state index contributed by atoms with van der Waals surface area (Å²) in [5, 5.41) is 9.12. The zero-order chi connectivity index (χ0) is 22.4. The number of aromatic nitrogens is 2. The number of carbonyl (C=O) groups excluding carboxylic acids is 1. The van der Waals surface area contributed by atoms with Crippen LogP contribution in [0, 0.1) is 11.7 Å². The molecule has 1 saturated heterocycles. The van der Waals surface area contributed by atoms with Crippen LogP contribution >= 0.6 is 0 Å². The summed E-state index contributed by atoms with van der Waals surface area (Å²) in [5.41, 5.74) is 3.72. The number of nitrogens with one attached hydrogen (secondary N) is 1. The molecule has 5 nitrogen and oxygen atoms in total. The van der Waals surface area contributed by atoms with Gasteiger partial charge in [-0.1, -0.05) is 30.3 Å². The van der Waals surface area contributed by atoms with E-state index >= 15 is 0 Å². The van der Waals surface area contributed by atoms with Crippen molar-refractivity contribution in [3.63, 3.8) is 0 Å². The molecule has 0 radical (unpaired) electrons. The van der Waals surface area contributed by atoms with Gasteiger partial charge in [0.1, 0.15) is 5.82 Å². The van der Waals surface area contributed by atoms with Gasteiger partial charge < -0.3 is 10.2 Å². The van der Waals surface area contributed by atoms with Gasteiger partial charge >= 0.3 is 0 Å². The minimum absolute atomic E-state index is 0.0537. The highest BCUT2D eigenvalue weighted by molar-refractivity contribution is 5.99. The first-order valence-electron chi connectivity index (χ1n) is 11.5. The number of hydrogen-bond acceptors (Lipinski definition) is 3. The largest absolute Gasteiger partial charge is 0.311 e. The van der Waals surface area contributed by atoms with Crippen LogP contribution in [0.3, 0.4) is 0 Å². The molecule has 1 saturated carbocycles. The third-order valence-corrected chi connectivity index (χ3v) is 6.73. The first-order valence-corrected chi connectivity index (χ1v) is 11.5. The summed E-state index contributed by atoms with van der Waals surface area (Å²) < 4.78 is 15.1. The zero-order valence-corrected chi connectivity index (χ0v) is 18.2. The van der Waals surface area contributed by atoms with Crippen molar-refractivity contribution in [2.24, 2.45) is 5.92 Å². The molecule has 1 amide bonds. The second kappa shape index (κ2) is 8.12. The van der Waals surface area contributed by atoms with Crippen LogP contribution in [0.5, 0.6) is 0 Å². The van der Waals surface area contributed by atoms with Crippen LogP contribution in [0.15, 0.2) is 79.0 Å². The Morgan fingerprint density at radius 2 is 1.73 bits per heavy atom. The molecule has 4 aromatic rings. The Bertz CT molecular complexity index is 1300. The summed E-state index contributed by atoms with van der Waals surface area (Å²) in [4.78, 5) is 15.2. The SMILES string of the molecule is O=C1C[C@H](NCC2CC2)C(c2ccccc2)N1c1ccc2c(cnn2-c2ccc(F)cc2)c1. The predicted molar refractivity (Wildman–Crippen MR) is 127 cm³/mol. The molecule has 1 unspecified atom stereocenters. The summed E-state index contributed by atoms with van der Waals surface area (Å²) in [6.45, 7) is 0.971. The maximum Gasteiger partial charge on any atom is 0.229 e. The summed E-state index contributed by atoms with van der Waals surface area (Å²) in [5.74, 6) is 0.600. The molecule has 3 aromatic carbocycles. The Labute approximate surface area is 191 Å². The van der Waals surface area contributed by atoms with Crippen molar-refractivity contribution in [1.29, 1.82) is 0 Å². The minimum atomic E-state index is -0.276. The third kappa shape index (κ3) is 3.80. The zero-order valence-electron chi connectivity index (χ0n) is 18.2. The number of halogens is 1. The fourth-order valence-electron chi connectivity index (χ4n) is 4.85. The number of nitrogens with zero attached hydrogens (tertiary/aromatic N) is 3. The van der Waals surface area contributed by atoms with Crippen LogP contribution in [0.1, 0.15) is 30.9 Å². The number of rotatable bonds is 6. The lowest BCUT2D eigenvalue weighted by Crippen LogP contribution is -2.37. The smallest absolute Gasteiger partial charge is 0.229 e. The van der Waals surface area contributed by atoms with Crippen molar-refractivity contribution < 1.29 is 9.18 Å². The second-order valence-corrected chi connectivity index (χ2v) is 9.06. The van der Waals surface area contributed by atoms with Gasteiger partial charge in [-0.3, -0.25) is 4.79 Å². The standard InChI is InChI=1S/C27H25FN4O/c28-21-8-10-22(11-9-21)32-25-13-12-23(14-20(25)17-30-32)31-26(33)15-24(29-16-18-6-7-18)27(31)19-4-2-1-3-5-19/h1-5,8-14,17-18,24,27,29H,6-7,15-16H2/t24-,27?/m0/s1. The Hall–Kier alpha value is -3.51. The fraction of sp³-hybridized carbons (Fsp3) is 0.259. The Balaban J connectivity index is 1.36. The molecule has 6 heteroatoms. The summed E-state index contributed by atoms with van der Waals surface area (Å²) >= 11 is 0. The number of carbonyl (C=O) groups is 1. The number of fused-ring (bicyclic) bond motifs is 1. The number of benzene rings is 3. The molecule has 1 N–H and O–H groups in total. The molecule has 2 fully saturated rings. The number of amides is 1. The maximum atomic E-state index is 13.3. The van der Waals surface area contributed by atoms with Gasteiger partial charge in [0.2, 0.25) is 5.91 Å². The molecule has 6 rings (SSSR count). The Morgan fingerprint density at radius 1 is 0.970 bits per heavy atom. The van der Waals surface area contributed by atoms with Crippen molar-refractivity contribution in [2.75, 3.05) is 11.4 Å². The molecule has 0 spiro atoms. The molecule has 1 aliphatic heterocycles. The van der Waals surface area contributed by atoms with Crippen LogP contribution in [0.4, 0.5) is 10.1 Å². The minimum Gasteiger partial charge on any atom is -0.311 e. The van der Waals surface area contributed by atoms with Crippen LogP contribution < -0.4 is 10.2 Å². The molecular weight excluding hydrogens is 415 g/mol. The number of anilines is 1. The van der Waals surface area contributed by atoms with Crippen molar-refractivity contribution in [2.45, 2.75) is 31.3 Å². The van der Waals surface area contributed by atoms with E-state index in [1.54, 1.807) is 23.0 Å². The van der Waals surface area contributed by atoms with Crippen molar-refractivity contribution in [1.82, 2.24) is 15.1 Å². The molecule has 1 aromatic heterocycles. The van der Waals surface area contributed by atoms with Gasteiger partial charge in [-0.15, -0.1) is 0 Å². The molecule has 2 aliphatic rings. The van der Waals surface area contributed by atoms with E-state index < -0.39 is 0 Å². The quantitative estimate of drug-likeness (QED) is 0.459. The van der Waals surface area contributed by atoms with Crippen molar-refractivity contribution >= 4 is 22.5 Å². The maximum absolute atomic E-state index is 13.3. The summed E-state index contributed by atoms with van der Waals surface area (Å²) in [7, 11) is 0. The molecular formula is C27H25FN4O. The Morgan fingerprint density at radius 3 is 2.48 bits per heavy atom. The topological polar surface area (TPSA) is 50.2 Å². The van der Waals surface area contributed by atoms with Crippen LogP contribution in [0.2, 0.25) is 0 Å². The molecule has 166 valence electrons. The van der Waals surface area contributed by atoms with E-state index in [0.717, 1.165) is 40.3 Å². The van der Waals surface area contributed by atoms with Gasteiger partial charge in [-0.2, -0.15) is 5.10 Å². The van der Waals surface area contributed by atoms with Gasteiger partial charge in [0.25, 0.3) is 0 Å². The van der Waals surface area contributed by atoms with Crippen LogP contribution in [-0.2, 0) is 4.79 Å². The van der Waals surface area contributed by atoms with E-state index in [4.69, 9.17) is 0 Å². The summed E-state index contributed by atoms with van der Waals surface area (Å²) in [6.07, 6.45) is 4.84. The Kier molecular flexibility index (Phi) is 4.95. The fourth-order valence-corrected chi connectivity index (χ4v) is 4.85. The average molecular weight is 441 g/mol. The predicted octanol–water partition coefficient (Wildman–Crippen LogP) is 5.01. The van der Waals surface area contributed by atoms with Crippen molar-refractivity contribution in [3.8, 4) is 5.69 Å². The molecule has 0 bridgehead atoms. The highest BCUT2D eigenvalue weighted by atomic mass is 19.1. The average Bonchev–Trinajstić information content (AvgIpc) is 3.48.